The minimum absolute atomic E-state index is 0.0644. The number of allylic oxidation sites excluding steroid dienone is 1. The SMILES string of the molecule is COc1ccc(Cl)cc1-c1ccc(C=C(C#N)c2nn(CCO)c(N)c2C#N)o1. The van der Waals surface area contributed by atoms with Gasteiger partial charge in [0.2, 0.25) is 0 Å². The van der Waals surface area contributed by atoms with Crippen molar-refractivity contribution in [1.29, 1.82) is 10.5 Å². The summed E-state index contributed by atoms with van der Waals surface area (Å²) in [6.07, 6.45) is 1.46. The molecule has 0 aliphatic carbocycles. The number of hydrogen-bond acceptors (Lipinski definition) is 7. The Kier molecular flexibility index (Phi) is 5.89. The zero-order valence-electron chi connectivity index (χ0n) is 15.4. The van der Waals surface area contributed by atoms with Gasteiger partial charge in [-0.05, 0) is 30.3 Å². The third-order valence-corrected chi connectivity index (χ3v) is 4.37. The van der Waals surface area contributed by atoms with Gasteiger partial charge in [-0.3, -0.25) is 0 Å². The molecular formula is C20H16ClN5O3. The van der Waals surface area contributed by atoms with Gasteiger partial charge in [-0.1, -0.05) is 11.6 Å². The van der Waals surface area contributed by atoms with Crippen molar-refractivity contribution in [1.82, 2.24) is 9.78 Å². The summed E-state index contributed by atoms with van der Waals surface area (Å²) in [7, 11) is 1.54. The molecule has 3 rings (SSSR count). The average Bonchev–Trinajstić information content (AvgIpc) is 3.31. The number of ether oxygens (including phenoxy) is 1. The van der Waals surface area contributed by atoms with Crippen LogP contribution in [0.5, 0.6) is 5.75 Å². The maximum atomic E-state index is 9.59. The fourth-order valence-corrected chi connectivity index (χ4v) is 2.95. The van der Waals surface area contributed by atoms with Gasteiger partial charge in [-0.25, -0.2) is 4.68 Å². The fraction of sp³-hybridized carbons (Fsp3) is 0.150. The van der Waals surface area contributed by atoms with E-state index < -0.39 is 0 Å². The van der Waals surface area contributed by atoms with Crippen molar-refractivity contribution < 1.29 is 14.3 Å². The first-order chi connectivity index (χ1) is 14.0. The number of benzene rings is 1. The maximum Gasteiger partial charge on any atom is 0.140 e. The number of rotatable bonds is 6. The summed E-state index contributed by atoms with van der Waals surface area (Å²) in [5.74, 6) is 1.54. The Morgan fingerprint density at radius 2 is 2.17 bits per heavy atom. The minimum Gasteiger partial charge on any atom is -0.496 e. The highest BCUT2D eigenvalue weighted by Gasteiger charge is 2.19. The molecule has 9 heteroatoms. The predicted octanol–water partition coefficient (Wildman–Crippen LogP) is 3.32. The number of anilines is 1. The molecule has 3 N–H and O–H groups in total. The molecule has 3 aromatic rings. The van der Waals surface area contributed by atoms with E-state index in [1.54, 1.807) is 37.4 Å². The molecule has 0 saturated carbocycles. The monoisotopic (exact) mass is 409 g/mol. The molecule has 0 atom stereocenters. The van der Waals surface area contributed by atoms with Crippen molar-refractivity contribution in [3.05, 3.63) is 52.4 Å². The van der Waals surface area contributed by atoms with E-state index in [-0.39, 0.29) is 35.8 Å². The molecule has 2 aromatic heterocycles. The van der Waals surface area contributed by atoms with Gasteiger partial charge in [-0.2, -0.15) is 15.6 Å². The van der Waals surface area contributed by atoms with Crippen LogP contribution in [-0.2, 0) is 6.54 Å². The van der Waals surface area contributed by atoms with Crippen LogP contribution in [0.15, 0.2) is 34.7 Å². The Morgan fingerprint density at radius 3 is 2.83 bits per heavy atom. The summed E-state index contributed by atoms with van der Waals surface area (Å²) in [5.41, 5.74) is 6.84. The van der Waals surface area contributed by atoms with Crippen molar-refractivity contribution in [3.8, 4) is 29.2 Å². The van der Waals surface area contributed by atoms with Gasteiger partial charge in [-0.15, -0.1) is 0 Å². The topological polar surface area (TPSA) is 134 Å². The van der Waals surface area contributed by atoms with Crippen LogP contribution in [0.4, 0.5) is 5.82 Å². The van der Waals surface area contributed by atoms with Crippen molar-refractivity contribution in [2.75, 3.05) is 19.5 Å². The summed E-state index contributed by atoms with van der Waals surface area (Å²) in [6, 6.07) is 12.5. The average molecular weight is 410 g/mol. The van der Waals surface area contributed by atoms with Crippen LogP contribution in [0.2, 0.25) is 5.02 Å². The predicted molar refractivity (Wildman–Crippen MR) is 108 cm³/mol. The number of nitrogen functional groups attached to an aromatic ring is 1. The number of nitriles is 2. The molecule has 0 saturated heterocycles. The van der Waals surface area contributed by atoms with Crippen LogP contribution < -0.4 is 10.5 Å². The molecule has 29 heavy (non-hydrogen) atoms. The van der Waals surface area contributed by atoms with Gasteiger partial charge in [0.05, 0.1) is 31.4 Å². The van der Waals surface area contributed by atoms with Crippen molar-refractivity contribution in [2.24, 2.45) is 0 Å². The lowest BCUT2D eigenvalue weighted by Crippen LogP contribution is -2.07. The van der Waals surface area contributed by atoms with Crippen LogP contribution in [0.25, 0.3) is 23.0 Å². The Morgan fingerprint density at radius 1 is 1.38 bits per heavy atom. The number of aromatic nitrogens is 2. The lowest BCUT2D eigenvalue weighted by atomic mass is 10.1. The Hall–Kier alpha value is -3.72. The van der Waals surface area contributed by atoms with Gasteiger partial charge >= 0.3 is 0 Å². The van der Waals surface area contributed by atoms with E-state index in [1.807, 2.05) is 12.1 Å². The van der Waals surface area contributed by atoms with Crippen molar-refractivity contribution in [2.45, 2.75) is 6.54 Å². The van der Waals surface area contributed by atoms with Gasteiger partial charge in [0.15, 0.2) is 0 Å². The lowest BCUT2D eigenvalue weighted by Gasteiger charge is -2.06. The Balaban J connectivity index is 2.03. The zero-order valence-corrected chi connectivity index (χ0v) is 16.1. The lowest BCUT2D eigenvalue weighted by molar-refractivity contribution is 0.270. The molecule has 0 radical (unpaired) electrons. The van der Waals surface area contributed by atoms with Crippen LogP contribution >= 0.6 is 11.6 Å². The standard InChI is InChI=1S/C20H16ClN5O3/c1-28-17-4-2-13(21)9-15(17)18-5-3-14(29-18)8-12(10-22)19-16(11-23)20(24)26(25-19)6-7-27/h2-5,8-9,27H,6-7,24H2,1H3. The minimum atomic E-state index is -0.204. The number of aliphatic hydroxyl groups excluding tert-OH is 1. The van der Waals surface area contributed by atoms with Gasteiger partial charge in [0, 0.05) is 11.1 Å². The molecule has 146 valence electrons. The first kappa shape index (κ1) is 20.0. The third-order valence-electron chi connectivity index (χ3n) is 4.13. The normalized spacial score (nSPS) is 11.1. The highest BCUT2D eigenvalue weighted by molar-refractivity contribution is 6.30. The molecule has 0 spiro atoms. The number of furan rings is 1. The zero-order chi connectivity index (χ0) is 21.0. The first-order valence-corrected chi connectivity index (χ1v) is 8.83. The van der Waals surface area contributed by atoms with Crippen molar-refractivity contribution >= 4 is 29.1 Å². The van der Waals surface area contributed by atoms with Gasteiger partial charge in [0.25, 0.3) is 0 Å². The quantitative estimate of drug-likeness (QED) is 0.596. The maximum absolute atomic E-state index is 9.59. The molecule has 0 bridgehead atoms. The van der Waals surface area contributed by atoms with Crippen molar-refractivity contribution in [3.63, 3.8) is 0 Å². The Labute approximate surface area is 171 Å². The first-order valence-electron chi connectivity index (χ1n) is 8.45. The second-order valence-corrected chi connectivity index (χ2v) is 6.32. The molecular weight excluding hydrogens is 394 g/mol. The van der Waals surface area contributed by atoms with E-state index in [1.165, 1.54) is 10.8 Å². The largest absolute Gasteiger partial charge is 0.496 e. The van der Waals surface area contributed by atoms with Crippen LogP contribution in [-0.4, -0.2) is 28.6 Å². The van der Waals surface area contributed by atoms with Gasteiger partial charge < -0.3 is 20.0 Å². The Bertz CT molecular complexity index is 1160. The second kappa shape index (κ2) is 8.53. The van der Waals surface area contributed by atoms with Crippen LogP contribution in [0.1, 0.15) is 17.0 Å². The second-order valence-electron chi connectivity index (χ2n) is 5.88. The number of halogens is 1. The van der Waals surface area contributed by atoms with Gasteiger partial charge in [0.1, 0.15) is 46.5 Å². The van der Waals surface area contributed by atoms with E-state index in [0.29, 0.717) is 27.9 Å². The molecule has 8 nitrogen and oxygen atoms in total. The number of nitrogens with two attached hydrogens (primary N) is 1. The van der Waals surface area contributed by atoms with E-state index in [0.717, 1.165) is 0 Å². The third kappa shape index (κ3) is 3.94. The fourth-order valence-electron chi connectivity index (χ4n) is 2.78. The molecule has 0 fully saturated rings. The smallest absolute Gasteiger partial charge is 0.140 e. The summed E-state index contributed by atoms with van der Waals surface area (Å²) >= 11 is 6.07. The van der Waals surface area contributed by atoms with E-state index in [9.17, 15) is 10.5 Å². The summed E-state index contributed by atoms with van der Waals surface area (Å²) < 4.78 is 12.4. The van der Waals surface area contributed by atoms with Crippen LogP contribution in [0, 0.1) is 22.7 Å². The summed E-state index contributed by atoms with van der Waals surface area (Å²) in [5, 5.41) is 32.8. The highest BCUT2D eigenvalue weighted by Crippen LogP contribution is 2.34. The molecule has 1 aromatic carbocycles. The molecule has 0 aliphatic rings. The molecule has 0 aliphatic heterocycles. The van der Waals surface area contributed by atoms with E-state index >= 15 is 0 Å². The van der Waals surface area contributed by atoms with Crippen LogP contribution in [0.3, 0.4) is 0 Å². The summed E-state index contributed by atoms with van der Waals surface area (Å²) in [4.78, 5) is 0. The number of aliphatic hydroxyl groups is 1. The van der Waals surface area contributed by atoms with E-state index in [2.05, 4.69) is 5.10 Å². The summed E-state index contributed by atoms with van der Waals surface area (Å²) in [6.45, 7) is -0.0938. The van der Waals surface area contributed by atoms with E-state index in [4.69, 9.17) is 31.6 Å². The molecule has 0 amide bonds. The number of nitrogens with zero attached hydrogens (tertiary/aromatic N) is 4. The highest BCUT2D eigenvalue weighted by atomic mass is 35.5. The molecule has 0 unspecified atom stereocenters. The number of hydrogen-bond donors (Lipinski definition) is 2. The molecule has 2 heterocycles. The number of methoxy groups -OCH3 is 1.